The molecule has 0 N–H and O–H groups in total. The fourth-order valence-electron chi connectivity index (χ4n) is 2.28. The van der Waals surface area contributed by atoms with Crippen LogP contribution in [0.2, 0.25) is 0 Å². The number of ether oxygens (including phenoxy) is 4. The minimum atomic E-state index is -0.754. The van der Waals surface area contributed by atoms with Crippen LogP contribution in [0, 0.1) is 0 Å². The SMILES string of the molecule is C/C=C/C1OC(C)(C)OC2C(OC)C(=O)OC12. The number of hydrogen-bond donors (Lipinski definition) is 0. The summed E-state index contributed by atoms with van der Waals surface area (Å²) in [6.45, 7) is 5.52. The van der Waals surface area contributed by atoms with E-state index in [9.17, 15) is 4.79 Å². The lowest BCUT2D eigenvalue weighted by molar-refractivity contribution is -0.318. The van der Waals surface area contributed by atoms with Gasteiger partial charge in [-0.05, 0) is 20.8 Å². The summed E-state index contributed by atoms with van der Waals surface area (Å²) in [6, 6.07) is 0. The van der Waals surface area contributed by atoms with Crippen LogP contribution in [0.3, 0.4) is 0 Å². The summed E-state index contributed by atoms with van der Waals surface area (Å²) in [6.07, 6.45) is 1.92. The lowest BCUT2D eigenvalue weighted by atomic mass is 10.0. The molecule has 5 nitrogen and oxygen atoms in total. The van der Waals surface area contributed by atoms with Crippen LogP contribution in [-0.4, -0.2) is 43.3 Å². The van der Waals surface area contributed by atoms with Crippen molar-refractivity contribution in [3.05, 3.63) is 12.2 Å². The van der Waals surface area contributed by atoms with E-state index in [1.807, 2.05) is 32.9 Å². The van der Waals surface area contributed by atoms with E-state index >= 15 is 0 Å². The molecule has 0 saturated carbocycles. The molecule has 17 heavy (non-hydrogen) atoms. The van der Waals surface area contributed by atoms with Gasteiger partial charge in [-0.2, -0.15) is 0 Å². The zero-order valence-corrected chi connectivity index (χ0v) is 10.5. The van der Waals surface area contributed by atoms with Crippen molar-refractivity contribution in [3.63, 3.8) is 0 Å². The van der Waals surface area contributed by atoms with Gasteiger partial charge in [0, 0.05) is 7.11 Å². The molecule has 2 aliphatic rings. The Kier molecular flexibility index (Phi) is 3.25. The molecule has 96 valence electrons. The van der Waals surface area contributed by atoms with Crippen molar-refractivity contribution in [3.8, 4) is 0 Å². The molecule has 0 aromatic carbocycles. The third kappa shape index (κ3) is 2.22. The highest BCUT2D eigenvalue weighted by atomic mass is 16.8. The zero-order chi connectivity index (χ0) is 12.6. The zero-order valence-electron chi connectivity index (χ0n) is 10.5. The summed E-state index contributed by atoms with van der Waals surface area (Å²) in [5, 5.41) is 0. The minimum absolute atomic E-state index is 0.294. The van der Waals surface area contributed by atoms with Crippen molar-refractivity contribution in [1.82, 2.24) is 0 Å². The van der Waals surface area contributed by atoms with Crippen molar-refractivity contribution in [2.75, 3.05) is 7.11 Å². The first-order chi connectivity index (χ1) is 7.98. The maximum absolute atomic E-state index is 11.6. The topological polar surface area (TPSA) is 54.0 Å². The Hall–Kier alpha value is -0.910. The summed E-state index contributed by atoms with van der Waals surface area (Å²) < 4.78 is 21.8. The lowest BCUT2D eigenvalue weighted by Crippen LogP contribution is -2.54. The molecule has 5 heteroatoms. The maximum Gasteiger partial charge on any atom is 0.338 e. The molecule has 2 aliphatic heterocycles. The van der Waals surface area contributed by atoms with E-state index in [0.29, 0.717) is 0 Å². The molecule has 4 atom stereocenters. The van der Waals surface area contributed by atoms with E-state index in [-0.39, 0.29) is 6.10 Å². The predicted molar refractivity (Wildman–Crippen MR) is 59.3 cm³/mol. The first-order valence-corrected chi connectivity index (χ1v) is 5.70. The Morgan fingerprint density at radius 2 is 2.00 bits per heavy atom. The Morgan fingerprint density at radius 3 is 2.59 bits per heavy atom. The van der Waals surface area contributed by atoms with Gasteiger partial charge in [0.05, 0.1) is 0 Å². The second-order valence-electron chi connectivity index (χ2n) is 4.65. The third-order valence-corrected chi connectivity index (χ3v) is 2.91. The first kappa shape index (κ1) is 12.5. The van der Waals surface area contributed by atoms with Crippen LogP contribution in [0.1, 0.15) is 20.8 Å². The van der Waals surface area contributed by atoms with E-state index in [4.69, 9.17) is 18.9 Å². The van der Waals surface area contributed by atoms with Gasteiger partial charge < -0.3 is 18.9 Å². The molecule has 2 rings (SSSR count). The second kappa shape index (κ2) is 4.40. The predicted octanol–water partition coefficient (Wildman–Crippen LogP) is 1.02. The smallest absolute Gasteiger partial charge is 0.338 e. The summed E-state index contributed by atoms with van der Waals surface area (Å²) in [5.74, 6) is -1.14. The Balaban J connectivity index is 2.26. The normalized spacial score (nSPS) is 40.4. The molecule has 0 aromatic rings. The van der Waals surface area contributed by atoms with Gasteiger partial charge >= 0.3 is 5.97 Å². The summed E-state index contributed by atoms with van der Waals surface area (Å²) in [5.41, 5.74) is 0. The molecule has 2 saturated heterocycles. The van der Waals surface area contributed by atoms with E-state index in [1.54, 1.807) is 0 Å². The quantitative estimate of drug-likeness (QED) is 0.534. The average Bonchev–Trinajstić information content (AvgIpc) is 2.53. The van der Waals surface area contributed by atoms with Crippen LogP contribution in [-0.2, 0) is 23.7 Å². The van der Waals surface area contributed by atoms with Crippen LogP contribution >= 0.6 is 0 Å². The van der Waals surface area contributed by atoms with Gasteiger partial charge in [0.1, 0.15) is 12.2 Å². The number of fused-ring (bicyclic) bond motifs is 1. The largest absolute Gasteiger partial charge is 0.454 e. The Labute approximate surface area is 101 Å². The molecule has 0 bridgehead atoms. The number of carbonyl (C=O) groups excluding carboxylic acids is 1. The fraction of sp³-hybridized carbons (Fsp3) is 0.750. The minimum Gasteiger partial charge on any atom is -0.454 e. The van der Waals surface area contributed by atoms with Gasteiger partial charge in [0.25, 0.3) is 0 Å². The van der Waals surface area contributed by atoms with Crippen LogP contribution in [0.15, 0.2) is 12.2 Å². The maximum atomic E-state index is 11.6. The second-order valence-corrected chi connectivity index (χ2v) is 4.65. The van der Waals surface area contributed by atoms with Crippen LogP contribution in [0.25, 0.3) is 0 Å². The molecule has 0 amide bonds. The van der Waals surface area contributed by atoms with Gasteiger partial charge in [-0.1, -0.05) is 12.2 Å². The van der Waals surface area contributed by atoms with Crippen molar-refractivity contribution in [1.29, 1.82) is 0 Å². The lowest BCUT2D eigenvalue weighted by Gasteiger charge is -2.41. The highest BCUT2D eigenvalue weighted by Gasteiger charge is 2.55. The van der Waals surface area contributed by atoms with Crippen LogP contribution in [0.5, 0.6) is 0 Å². The molecule has 0 aromatic heterocycles. The highest BCUT2D eigenvalue weighted by molar-refractivity contribution is 5.78. The number of carbonyl (C=O) groups is 1. The van der Waals surface area contributed by atoms with Crippen molar-refractivity contribution in [2.45, 2.75) is 51.0 Å². The van der Waals surface area contributed by atoms with E-state index in [1.165, 1.54) is 7.11 Å². The van der Waals surface area contributed by atoms with Gasteiger partial charge in [-0.25, -0.2) is 4.79 Å². The van der Waals surface area contributed by atoms with Crippen molar-refractivity contribution >= 4 is 5.97 Å². The molecule has 2 heterocycles. The molecule has 4 unspecified atom stereocenters. The number of esters is 1. The highest BCUT2D eigenvalue weighted by Crippen LogP contribution is 2.36. The van der Waals surface area contributed by atoms with Gasteiger partial charge in [0.2, 0.25) is 0 Å². The molecule has 0 radical (unpaired) electrons. The van der Waals surface area contributed by atoms with Gasteiger partial charge in [-0.15, -0.1) is 0 Å². The van der Waals surface area contributed by atoms with Crippen LogP contribution in [0.4, 0.5) is 0 Å². The number of rotatable bonds is 2. The fourth-order valence-corrected chi connectivity index (χ4v) is 2.28. The number of methoxy groups -OCH3 is 1. The Morgan fingerprint density at radius 1 is 1.29 bits per heavy atom. The molecule has 0 spiro atoms. The summed E-state index contributed by atoms with van der Waals surface area (Å²) in [7, 11) is 1.48. The number of allylic oxidation sites excluding steroid dienone is 1. The van der Waals surface area contributed by atoms with E-state index in [0.717, 1.165) is 0 Å². The van der Waals surface area contributed by atoms with E-state index in [2.05, 4.69) is 0 Å². The number of hydrogen-bond acceptors (Lipinski definition) is 5. The van der Waals surface area contributed by atoms with Crippen molar-refractivity contribution in [2.24, 2.45) is 0 Å². The molecular weight excluding hydrogens is 224 g/mol. The Bertz CT molecular complexity index is 336. The first-order valence-electron chi connectivity index (χ1n) is 5.70. The monoisotopic (exact) mass is 242 g/mol. The molecule has 0 aliphatic carbocycles. The third-order valence-electron chi connectivity index (χ3n) is 2.91. The van der Waals surface area contributed by atoms with Gasteiger partial charge in [-0.3, -0.25) is 0 Å². The van der Waals surface area contributed by atoms with Crippen molar-refractivity contribution < 1.29 is 23.7 Å². The molecule has 2 fully saturated rings. The average molecular weight is 242 g/mol. The van der Waals surface area contributed by atoms with E-state index < -0.39 is 30.1 Å². The molecular formula is C12H18O5. The summed E-state index contributed by atoms with van der Waals surface area (Å²) >= 11 is 0. The summed E-state index contributed by atoms with van der Waals surface area (Å²) in [4.78, 5) is 11.6. The van der Waals surface area contributed by atoms with Crippen LogP contribution < -0.4 is 0 Å². The van der Waals surface area contributed by atoms with Gasteiger partial charge in [0.15, 0.2) is 18.0 Å². The standard InChI is InChI=1S/C12H18O5/c1-5-6-7-8-9(17-12(2,3)16-7)10(14-4)11(13)15-8/h5-10H,1-4H3/b6-5+.